The van der Waals surface area contributed by atoms with Gasteiger partial charge >= 0.3 is 5.97 Å². The highest BCUT2D eigenvalue weighted by Gasteiger charge is 2.38. The van der Waals surface area contributed by atoms with E-state index < -0.39 is 5.97 Å². The summed E-state index contributed by atoms with van der Waals surface area (Å²) in [6, 6.07) is 0. The van der Waals surface area contributed by atoms with Crippen LogP contribution in [0.1, 0.15) is 44.1 Å². The fourth-order valence-electron chi connectivity index (χ4n) is 3.18. The Bertz CT molecular complexity index is 436. The quantitative estimate of drug-likeness (QED) is 0.885. The largest absolute Gasteiger partial charge is 0.481 e. The number of aromatic nitrogens is 2. The van der Waals surface area contributed by atoms with E-state index in [0.29, 0.717) is 0 Å². The zero-order valence-electron chi connectivity index (χ0n) is 11.8. The summed E-state index contributed by atoms with van der Waals surface area (Å²) in [7, 11) is 3.94. The van der Waals surface area contributed by atoms with E-state index in [1.807, 2.05) is 26.5 Å². The molecule has 1 aromatic heterocycles. The number of hydrogen-bond donors (Lipinski definition) is 1. The van der Waals surface area contributed by atoms with Crippen molar-refractivity contribution < 1.29 is 9.90 Å². The molecular weight excluding hydrogens is 242 g/mol. The monoisotopic (exact) mass is 265 g/mol. The molecule has 1 N–H and O–H groups in total. The third kappa shape index (κ3) is 3.35. The van der Waals surface area contributed by atoms with Crippen molar-refractivity contribution in [2.45, 2.75) is 50.6 Å². The van der Waals surface area contributed by atoms with Crippen LogP contribution in [-0.4, -0.2) is 38.3 Å². The minimum Gasteiger partial charge on any atom is -0.481 e. The molecule has 1 aromatic rings. The van der Waals surface area contributed by atoms with Crippen LogP contribution >= 0.6 is 0 Å². The molecule has 0 aliphatic heterocycles. The zero-order valence-corrected chi connectivity index (χ0v) is 11.8. The van der Waals surface area contributed by atoms with Gasteiger partial charge in [0.25, 0.3) is 0 Å². The predicted molar refractivity (Wildman–Crippen MR) is 72.7 cm³/mol. The van der Waals surface area contributed by atoms with Crippen molar-refractivity contribution in [1.82, 2.24) is 14.7 Å². The Labute approximate surface area is 114 Å². The van der Waals surface area contributed by atoms with Crippen molar-refractivity contribution in [2.24, 2.45) is 7.05 Å². The summed E-state index contributed by atoms with van der Waals surface area (Å²) in [6.07, 6.45) is 9.54. The van der Waals surface area contributed by atoms with Gasteiger partial charge < -0.3 is 5.11 Å². The average molecular weight is 265 g/mol. The maximum absolute atomic E-state index is 11.2. The van der Waals surface area contributed by atoms with E-state index >= 15 is 0 Å². The van der Waals surface area contributed by atoms with Crippen molar-refractivity contribution >= 4 is 5.97 Å². The van der Waals surface area contributed by atoms with Crippen LogP contribution in [-0.2, 0) is 18.4 Å². The first-order chi connectivity index (χ1) is 9.02. The molecule has 1 aliphatic rings. The van der Waals surface area contributed by atoms with Crippen molar-refractivity contribution in [3.05, 3.63) is 18.0 Å². The Morgan fingerprint density at radius 2 is 2.16 bits per heavy atom. The topological polar surface area (TPSA) is 58.4 Å². The maximum Gasteiger partial charge on any atom is 0.305 e. The van der Waals surface area contributed by atoms with Crippen molar-refractivity contribution in [2.75, 3.05) is 7.05 Å². The molecule has 1 saturated carbocycles. The van der Waals surface area contributed by atoms with Gasteiger partial charge in [0.1, 0.15) is 0 Å². The lowest BCUT2D eigenvalue weighted by molar-refractivity contribution is -0.141. The van der Waals surface area contributed by atoms with Gasteiger partial charge in [0.05, 0.1) is 12.6 Å². The molecule has 1 fully saturated rings. The molecule has 106 valence electrons. The number of rotatable bonds is 5. The smallest absolute Gasteiger partial charge is 0.305 e. The Morgan fingerprint density at radius 3 is 2.68 bits per heavy atom. The van der Waals surface area contributed by atoms with Crippen molar-refractivity contribution in [3.8, 4) is 0 Å². The maximum atomic E-state index is 11.2. The van der Waals surface area contributed by atoms with Crippen LogP contribution in [0.3, 0.4) is 0 Å². The first kappa shape index (κ1) is 14.1. The molecule has 1 aliphatic carbocycles. The Balaban J connectivity index is 2.10. The van der Waals surface area contributed by atoms with Crippen LogP contribution in [0.25, 0.3) is 0 Å². The fourth-order valence-corrected chi connectivity index (χ4v) is 3.18. The second-order valence-corrected chi connectivity index (χ2v) is 5.73. The predicted octanol–water partition coefficient (Wildman–Crippen LogP) is 2.03. The van der Waals surface area contributed by atoms with Gasteiger partial charge in [-0.2, -0.15) is 5.10 Å². The van der Waals surface area contributed by atoms with E-state index in [1.165, 1.54) is 6.42 Å². The summed E-state index contributed by atoms with van der Waals surface area (Å²) in [5.41, 5.74) is 0.959. The van der Waals surface area contributed by atoms with Gasteiger partial charge in [-0.15, -0.1) is 0 Å². The molecule has 2 rings (SSSR count). The van der Waals surface area contributed by atoms with Gasteiger partial charge in [-0.1, -0.05) is 19.3 Å². The zero-order chi connectivity index (χ0) is 13.9. The Morgan fingerprint density at radius 1 is 1.47 bits per heavy atom. The normalized spacial score (nSPS) is 18.7. The summed E-state index contributed by atoms with van der Waals surface area (Å²) >= 11 is 0. The number of carboxylic acid groups (broad SMARTS) is 1. The summed E-state index contributed by atoms with van der Waals surface area (Å²) in [5.74, 6) is -0.695. The fraction of sp³-hybridized carbons (Fsp3) is 0.714. The second kappa shape index (κ2) is 5.74. The lowest BCUT2D eigenvalue weighted by Crippen LogP contribution is -2.48. The molecular formula is C14H23N3O2. The van der Waals surface area contributed by atoms with Crippen LogP contribution < -0.4 is 0 Å². The molecule has 0 amide bonds. The molecule has 0 spiro atoms. The first-order valence-electron chi connectivity index (χ1n) is 6.92. The molecule has 1 heterocycles. The highest BCUT2D eigenvalue weighted by molar-refractivity contribution is 5.68. The number of carbonyl (C=O) groups is 1. The molecule has 0 unspecified atom stereocenters. The third-order valence-corrected chi connectivity index (χ3v) is 4.25. The van der Waals surface area contributed by atoms with Gasteiger partial charge in [0, 0.05) is 30.9 Å². The van der Waals surface area contributed by atoms with Crippen LogP contribution in [0.15, 0.2) is 12.4 Å². The Kier molecular flexibility index (Phi) is 4.24. The van der Waals surface area contributed by atoms with E-state index in [1.54, 1.807) is 4.68 Å². The van der Waals surface area contributed by atoms with Crippen molar-refractivity contribution in [3.63, 3.8) is 0 Å². The third-order valence-electron chi connectivity index (χ3n) is 4.25. The summed E-state index contributed by atoms with van der Waals surface area (Å²) in [5, 5.41) is 13.4. The first-order valence-corrected chi connectivity index (χ1v) is 6.92. The number of nitrogens with zero attached hydrogens (tertiary/aromatic N) is 3. The molecule has 0 bridgehead atoms. The molecule has 0 radical (unpaired) electrons. The number of hydrogen-bond acceptors (Lipinski definition) is 3. The van der Waals surface area contributed by atoms with Crippen LogP contribution in [0.2, 0.25) is 0 Å². The van der Waals surface area contributed by atoms with Gasteiger partial charge in [-0.25, -0.2) is 0 Å². The molecule has 19 heavy (non-hydrogen) atoms. The molecule has 0 aromatic carbocycles. The van der Waals surface area contributed by atoms with E-state index in [0.717, 1.165) is 37.8 Å². The summed E-state index contributed by atoms with van der Waals surface area (Å²) in [4.78, 5) is 13.4. The van der Waals surface area contributed by atoms with E-state index in [9.17, 15) is 9.90 Å². The van der Waals surface area contributed by atoms with Crippen molar-refractivity contribution in [1.29, 1.82) is 0 Å². The molecule has 5 heteroatoms. The number of aryl methyl sites for hydroxylation is 1. The highest BCUT2D eigenvalue weighted by atomic mass is 16.4. The Hall–Kier alpha value is -1.36. The van der Waals surface area contributed by atoms with Gasteiger partial charge in [0.2, 0.25) is 0 Å². The minimum absolute atomic E-state index is 0.181. The SMILES string of the molecule is CN(Cc1cnn(C)c1)C1(CC(=O)O)CCCCC1. The lowest BCUT2D eigenvalue weighted by atomic mass is 9.78. The van der Waals surface area contributed by atoms with Crippen LogP contribution in [0.4, 0.5) is 0 Å². The molecule has 0 saturated heterocycles. The second-order valence-electron chi connectivity index (χ2n) is 5.73. The van der Waals surface area contributed by atoms with Gasteiger partial charge in [0.15, 0.2) is 0 Å². The van der Waals surface area contributed by atoms with E-state index in [2.05, 4.69) is 10.00 Å². The van der Waals surface area contributed by atoms with Crippen LogP contribution in [0.5, 0.6) is 0 Å². The average Bonchev–Trinajstić information content (AvgIpc) is 2.75. The van der Waals surface area contributed by atoms with Gasteiger partial charge in [-0.3, -0.25) is 14.4 Å². The lowest BCUT2D eigenvalue weighted by Gasteiger charge is -2.43. The standard InChI is InChI=1S/C14H23N3O2/c1-16(10-12-9-15-17(2)11-12)14(8-13(18)19)6-4-3-5-7-14/h9,11H,3-8,10H2,1-2H3,(H,18,19). The van der Waals surface area contributed by atoms with E-state index in [4.69, 9.17) is 0 Å². The van der Waals surface area contributed by atoms with E-state index in [-0.39, 0.29) is 12.0 Å². The summed E-state index contributed by atoms with van der Waals surface area (Å²) in [6.45, 7) is 0.765. The highest BCUT2D eigenvalue weighted by Crippen LogP contribution is 2.36. The van der Waals surface area contributed by atoms with Crippen LogP contribution in [0, 0.1) is 0 Å². The molecule has 5 nitrogen and oxygen atoms in total. The summed E-state index contributed by atoms with van der Waals surface area (Å²) < 4.78 is 1.79. The number of carboxylic acids is 1. The van der Waals surface area contributed by atoms with Gasteiger partial charge in [-0.05, 0) is 19.9 Å². The minimum atomic E-state index is -0.695. The molecule has 0 atom stereocenters. The number of aliphatic carboxylic acids is 1.